The van der Waals surface area contributed by atoms with E-state index in [1.807, 2.05) is 65.4 Å². The molecule has 1 amide bonds. The maximum Gasteiger partial charge on any atom is 0.327 e. The molecule has 0 aliphatic heterocycles. The highest BCUT2D eigenvalue weighted by Crippen LogP contribution is 2.21. The Hall–Kier alpha value is -2.25. The first-order chi connectivity index (χ1) is 13.0. The monoisotopic (exact) mass is 446 g/mol. The molecule has 3 aromatic rings. The van der Waals surface area contributed by atoms with Crippen LogP contribution < -0.4 is 5.32 Å². The molecular weight excluding hydrogens is 428 g/mol. The largest absolute Gasteiger partial charge is 0.480 e. The van der Waals surface area contributed by atoms with Crippen LogP contribution in [0.4, 0.5) is 0 Å². The first-order valence-corrected chi connectivity index (χ1v) is 10.4. The van der Waals surface area contributed by atoms with Crippen LogP contribution >= 0.6 is 27.7 Å². The standard InChI is InChI=1S/C20H19BrN2O3S/c21-16-6-7-18-15(10-16)8-9-23(18)11-19(24)22-17(20(25)26)13-27-12-14-4-2-1-3-5-14/h1-10,17H,11-13H2,(H,22,24)(H,25,26)/t17-/m0/s1. The van der Waals surface area contributed by atoms with Gasteiger partial charge in [0, 0.05) is 33.1 Å². The van der Waals surface area contributed by atoms with E-state index in [1.165, 1.54) is 11.8 Å². The fourth-order valence-electron chi connectivity index (χ4n) is 2.75. The number of thioether (sulfide) groups is 1. The molecule has 1 aromatic heterocycles. The lowest BCUT2D eigenvalue weighted by Crippen LogP contribution is -2.43. The number of carboxylic acids is 1. The molecule has 2 aromatic carbocycles. The van der Waals surface area contributed by atoms with Crippen LogP contribution in [0.5, 0.6) is 0 Å². The van der Waals surface area contributed by atoms with Gasteiger partial charge in [-0.05, 0) is 29.8 Å². The lowest BCUT2D eigenvalue weighted by molar-refractivity contribution is -0.141. The minimum Gasteiger partial charge on any atom is -0.480 e. The maximum absolute atomic E-state index is 12.4. The van der Waals surface area contributed by atoms with E-state index in [0.29, 0.717) is 11.5 Å². The summed E-state index contributed by atoms with van der Waals surface area (Å²) in [7, 11) is 0. The van der Waals surface area contributed by atoms with Crippen molar-refractivity contribution in [2.45, 2.75) is 18.3 Å². The van der Waals surface area contributed by atoms with E-state index in [-0.39, 0.29) is 12.5 Å². The summed E-state index contributed by atoms with van der Waals surface area (Å²) in [5.41, 5.74) is 2.06. The van der Waals surface area contributed by atoms with Crippen molar-refractivity contribution in [2.75, 3.05) is 5.75 Å². The fourth-order valence-corrected chi connectivity index (χ4v) is 4.13. The third kappa shape index (κ3) is 5.37. The summed E-state index contributed by atoms with van der Waals surface area (Å²) >= 11 is 4.92. The normalized spacial score (nSPS) is 12.0. The summed E-state index contributed by atoms with van der Waals surface area (Å²) in [5, 5.41) is 13.1. The van der Waals surface area contributed by atoms with Crippen molar-refractivity contribution in [3.05, 3.63) is 70.8 Å². The zero-order chi connectivity index (χ0) is 19.2. The molecule has 27 heavy (non-hydrogen) atoms. The number of nitrogens with zero attached hydrogens (tertiary/aromatic N) is 1. The number of carbonyl (C=O) groups is 2. The summed E-state index contributed by atoms with van der Waals surface area (Å²) in [6.45, 7) is 0.0816. The SMILES string of the molecule is O=C(Cn1ccc2cc(Br)ccc21)N[C@@H](CSCc1ccccc1)C(=O)O. The Morgan fingerprint density at radius 1 is 1.15 bits per heavy atom. The Bertz CT molecular complexity index is 943. The van der Waals surface area contributed by atoms with Gasteiger partial charge in [-0.1, -0.05) is 46.3 Å². The second-order valence-corrected chi connectivity index (χ2v) is 8.05. The van der Waals surface area contributed by atoms with Crippen LogP contribution in [0, 0.1) is 0 Å². The third-order valence-corrected chi connectivity index (χ3v) is 5.68. The van der Waals surface area contributed by atoms with Crippen molar-refractivity contribution in [3.63, 3.8) is 0 Å². The van der Waals surface area contributed by atoms with Gasteiger partial charge in [-0.25, -0.2) is 4.79 Å². The number of carbonyl (C=O) groups excluding carboxylic acids is 1. The van der Waals surface area contributed by atoms with E-state index in [4.69, 9.17) is 0 Å². The topological polar surface area (TPSA) is 71.3 Å². The van der Waals surface area contributed by atoms with Crippen molar-refractivity contribution in [2.24, 2.45) is 0 Å². The average molecular weight is 447 g/mol. The van der Waals surface area contributed by atoms with Crippen LogP contribution in [0.25, 0.3) is 10.9 Å². The summed E-state index contributed by atoms with van der Waals surface area (Å²) < 4.78 is 2.78. The number of hydrogen-bond donors (Lipinski definition) is 2. The summed E-state index contributed by atoms with van der Waals surface area (Å²) in [6, 6.07) is 16.7. The molecule has 0 saturated heterocycles. The lowest BCUT2D eigenvalue weighted by atomic mass is 10.2. The van der Waals surface area contributed by atoms with E-state index >= 15 is 0 Å². The van der Waals surface area contributed by atoms with Crippen molar-refractivity contribution in [1.82, 2.24) is 9.88 Å². The smallest absolute Gasteiger partial charge is 0.327 e. The van der Waals surface area contributed by atoms with Crippen molar-refractivity contribution < 1.29 is 14.7 Å². The summed E-state index contributed by atoms with van der Waals surface area (Å²) in [6.07, 6.45) is 1.83. The zero-order valence-corrected chi connectivity index (χ0v) is 16.9. The number of nitrogens with one attached hydrogen (secondary N) is 1. The van der Waals surface area contributed by atoms with Crippen LogP contribution in [0.2, 0.25) is 0 Å². The highest BCUT2D eigenvalue weighted by atomic mass is 79.9. The van der Waals surface area contributed by atoms with Gasteiger partial charge in [-0.2, -0.15) is 11.8 Å². The maximum atomic E-state index is 12.4. The Labute approximate surface area is 169 Å². The molecule has 0 bridgehead atoms. The van der Waals surface area contributed by atoms with Gasteiger partial charge < -0.3 is 15.0 Å². The molecule has 1 atom stereocenters. The zero-order valence-electron chi connectivity index (χ0n) is 14.5. The molecule has 0 fully saturated rings. The van der Waals surface area contributed by atoms with Crippen molar-refractivity contribution in [1.29, 1.82) is 0 Å². The molecule has 7 heteroatoms. The first-order valence-electron chi connectivity index (χ1n) is 8.41. The van der Waals surface area contributed by atoms with E-state index in [2.05, 4.69) is 21.2 Å². The third-order valence-electron chi connectivity index (χ3n) is 4.08. The molecule has 3 rings (SSSR count). The number of rotatable bonds is 8. The van der Waals surface area contributed by atoms with Gasteiger partial charge in [0.2, 0.25) is 5.91 Å². The van der Waals surface area contributed by atoms with Crippen molar-refractivity contribution >= 4 is 50.5 Å². The Morgan fingerprint density at radius 3 is 2.67 bits per heavy atom. The van der Waals surface area contributed by atoms with Gasteiger partial charge in [0.25, 0.3) is 0 Å². The van der Waals surface area contributed by atoms with Gasteiger partial charge in [0.05, 0.1) is 0 Å². The molecule has 0 aliphatic carbocycles. The second-order valence-electron chi connectivity index (χ2n) is 6.11. The van der Waals surface area contributed by atoms with Gasteiger partial charge in [-0.15, -0.1) is 0 Å². The van der Waals surface area contributed by atoms with E-state index in [9.17, 15) is 14.7 Å². The molecule has 0 aliphatic rings. The van der Waals surface area contributed by atoms with E-state index in [1.54, 1.807) is 0 Å². The summed E-state index contributed by atoms with van der Waals surface area (Å²) in [4.78, 5) is 23.8. The quantitative estimate of drug-likeness (QED) is 0.550. The lowest BCUT2D eigenvalue weighted by Gasteiger charge is -2.15. The van der Waals surface area contributed by atoms with Crippen LogP contribution in [0.1, 0.15) is 5.56 Å². The molecular formula is C20H19BrN2O3S. The number of fused-ring (bicyclic) bond motifs is 1. The molecule has 5 nitrogen and oxygen atoms in total. The number of halogens is 1. The Morgan fingerprint density at radius 2 is 1.93 bits per heavy atom. The van der Waals surface area contributed by atoms with Crippen LogP contribution in [0.15, 0.2) is 65.3 Å². The van der Waals surface area contributed by atoms with Gasteiger partial charge in [0.15, 0.2) is 0 Å². The predicted molar refractivity (Wildman–Crippen MR) is 112 cm³/mol. The number of aliphatic carboxylic acids is 1. The van der Waals surface area contributed by atoms with Crippen molar-refractivity contribution in [3.8, 4) is 0 Å². The Kier molecular flexibility index (Phi) is 6.58. The molecule has 2 N–H and O–H groups in total. The highest BCUT2D eigenvalue weighted by Gasteiger charge is 2.20. The van der Waals surface area contributed by atoms with Crippen LogP contribution in [0.3, 0.4) is 0 Å². The van der Waals surface area contributed by atoms with Gasteiger partial charge >= 0.3 is 5.97 Å². The minimum atomic E-state index is -1.02. The number of amides is 1. The van der Waals surface area contributed by atoms with Crippen LogP contribution in [-0.2, 0) is 21.9 Å². The van der Waals surface area contributed by atoms with Crippen LogP contribution in [-0.4, -0.2) is 33.3 Å². The van der Waals surface area contributed by atoms with Gasteiger partial charge in [0.1, 0.15) is 12.6 Å². The molecule has 0 unspecified atom stereocenters. The molecule has 0 saturated carbocycles. The second kappa shape index (κ2) is 9.10. The molecule has 0 radical (unpaired) electrons. The minimum absolute atomic E-state index is 0.0816. The summed E-state index contributed by atoms with van der Waals surface area (Å²) in [5.74, 6) is -0.319. The predicted octanol–water partition coefficient (Wildman–Crippen LogP) is 3.91. The average Bonchev–Trinajstić information content (AvgIpc) is 3.03. The molecule has 0 spiro atoms. The number of hydrogen-bond acceptors (Lipinski definition) is 3. The number of benzene rings is 2. The fraction of sp³-hybridized carbons (Fsp3) is 0.200. The number of aromatic nitrogens is 1. The van der Waals surface area contributed by atoms with Gasteiger partial charge in [-0.3, -0.25) is 4.79 Å². The highest BCUT2D eigenvalue weighted by molar-refractivity contribution is 9.10. The number of carboxylic acid groups (broad SMARTS) is 1. The molecule has 140 valence electrons. The van der Waals surface area contributed by atoms with E-state index < -0.39 is 12.0 Å². The first kappa shape index (κ1) is 19.5. The molecule has 1 heterocycles. The van der Waals surface area contributed by atoms with E-state index in [0.717, 1.165) is 20.9 Å². The Balaban J connectivity index is 1.57.